The van der Waals surface area contributed by atoms with Gasteiger partial charge < -0.3 is 14.4 Å². The Morgan fingerprint density at radius 1 is 1.25 bits per heavy atom. The number of piperidine rings is 1. The van der Waals surface area contributed by atoms with E-state index < -0.39 is 4.92 Å². The lowest BCUT2D eigenvalue weighted by atomic mass is 9.97. The summed E-state index contributed by atoms with van der Waals surface area (Å²) >= 11 is 3.47. The minimum Gasteiger partial charge on any atom is -0.466 e. The van der Waals surface area contributed by atoms with Gasteiger partial charge in [-0.05, 0) is 38.0 Å². The number of nitrogens with zero attached hydrogens (tertiary/aromatic N) is 5. The van der Waals surface area contributed by atoms with Gasteiger partial charge in [0.2, 0.25) is 5.82 Å². The molecule has 10 nitrogen and oxygen atoms in total. The standard InChI is InChI=1S/C21H20BrN5O5/c1-2-31-21(28)13-7-10-26(11-8-13)19-18(27(29)30)20(25-12-24-19)32-16-6-5-15(22)14-4-3-9-23-17(14)16/h3-6,9,12-13H,2,7-8,10-11H2,1H3. The molecule has 0 unspecified atom stereocenters. The van der Waals surface area contributed by atoms with E-state index in [1.165, 1.54) is 6.33 Å². The third-order valence-electron chi connectivity index (χ3n) is 5.25. The molecule has 0 amide bonds. The Balaban J connectivity index is 1.64. The van der Waals surface area contributed by atoms with Crippen molar-refractivity contribution < 1.29 is 19.2 Å². The van der Waals surface area contributed by atoms with Crippen LogP contribution in [0.2, 0.25) is 0 Å². The van der Waals surface area contributed by atoms with Gasteiger partial charge in [0, 0.05) is 29.1 Å². The highest BCUT2D eigenvalue weighted by Crippen LogP contribution is 2.39. The van der Waals surface area contributed by atoms with Crippen molar-refractivity contribution in [1.82, 2.24) is 15.0 Å². The van der Waals surface area contributed by atoms with Crippen LogP contribution in [0.1, 0.15) is 19.8 Å². The maximum atomic E-state index is 12.0. The van der Waals surface area contributed by atoms with E-state index in [2.05, 4.69) is 30.9 Å². The topological polar surface area (TPSA) is 121 Å². The average molecular weight is 502 g/mol. The molecule has 1 aliphatic heterocycles. The number of carbonyl (C=O) groups is 1. The first-order chi connectivity index (χ1) is 15.5. The highest BCUT2D eigenvalue weighted by Gasteiger charge is 2.33. The van der Waals surface area contributed by atoms with Crippen molar-refractivity contribution in [3.63, 3.8) is 0 Å². The molecule has 11 heteroatoms. The SMILES string of the molecule is CCOC(=O)C1CCN(c2ncnc(Oc3ccc(Br)c4cccnc34)c2[N+](=O)[O-])CC1. The van der Waals surface area contributed by atoms with Crippen LogP contribution in [0.15, 0.2) is 41.3 Å². The number of aromatic nitrogens is 3. The molecule has 3 heterocycles. The lowest BCUT2D eigenvalue weighted by molar-refractivity contribution is -0.385. The van der Waals surface area contributed by atoms with Gasteiger partial charge in [0.25, 0.3) is 0 Å². The van der Waals surface area contributed by atoms with Crippen LogP contribution in [0.25, 0.3) is 10.9 Å². The Labute approximate surface area is 191 Å². The van der Waals surface area contributed by atoms with E-state index >= 15 is 0 Å². The van der Waals surface area contributed by atoms with Crippen molar-refractivity contribution in [3.05, 3.63) is 51.4 Å². The number of esters is 1. The molecule has 0 atom stereocenters. The smallest absolute Gasteiger partial charge is 0.373 e. The zero-order valence-corrected chi connectivity index (χ0v) is 18.8. The zero-order valence-electron chi connectivity index (χ0n) is 17.2. The largest absolute Gasteiger partial charge is 0.466 e. The number of pyridine rings is 1. The quantitative estimate of drug-likeness (QED) is 0.276. The predicted octanol–water partition coefficient (Wildman–Crippen LogP) is 4.27. The number of anilines is 1. The van der Waals surface area contributed by atoms with Gasteiger partial charge in [-0.3, -0.25) is 19.9 Å². The number of hydrogen-bond donors (Lipinski definition) is 0. The van der Waals surface area contributed by atoms with Gasteiger partial charge in [0.05, 0.1) is 17.4 Å². The lowest BCUT2D eigenvalue weighted by Gasteiger charge is -2.31. The Morgan fingerprint density at radius 2 is 2.03 bits per heavy atom. The summed E-state index contributed by atoms with van der Waals surface area (Å²) in [5, 5.41) is 12.8. The molecule has 3 aromatic rings. The van der Waals surface area contributed by atoms with Gasteiger partial charge in [-0.1, -0.05) is 22.0 Å². The fourth-order valence-electron chi connectivity index (χ4n) is 3.71. The van der Waals surface area contributed by atoms with Crippen molar-refractivity contribution in [1.29, 1.82) is 0 Å². The van der Waals surface area contributed by atoms with Crippen LogP contribution in [0.4, 0.5) is 11.5 Å². The van der Waals surface area contributed by atoms with Crippen LogP contribution in [0.5, 0.6) is 11.6 Å². The molecule has 0 bridgehead atoms. The molecule has 4 rings (SSSR count). The predicted molar refractivity (Wildman–Crippen MR) is 120 cm³/mol. The molecule has 32 heavy (non-hydrogen) atoms. The van der Waals surface area contributed by atoms with E-state index in [0.717, 1.165) is 9.86 Å². The number of halogens is 1. The molecule has 0 spiro atoms. The summed E-state index contributed by atoms with van der Waals surface area (Å²) in [4.78, 5) is 37.7. The molecule has 1 saturated heterocycles. The summed E-state index contributed by atoms with van der Waals surface area (Å²) < 4.78 is 11.8. The van der Waals surface area contributed by atoms with E-state index in [-0.39, 0.29) is 29.3 Å². The summed E-state index contributed by atoms with van der Waals surface area (Å²) in [6.45, 7) is 2.97. The number of carbonyl (C=O) groups excluding carboxylic acids is 1. The van der Waals surface area contributed by atoms with Gasteiger partial charge in [-0.2, -0.15) is 4.98 Å². The first-order valence-corrected chi connectivity index (χ1v) is 10.9. The minimum atomic E-state index is -0.545. The molecule has 1 aromatic carbocycles. The first-order valence-electron chi connectivity index (χ1n) is 10.1. The first kappa shape index (κ1) is 21.9. The average Bonchev–Trinajstić information content (AvgIpc) is 2.81. The molecule has 0 radical (unpaired) electrons. The number of benzene rings is 1. The molecule has 0 N–H and O–H groups in total. The molecular weight excluding hydrogens is 482 g/mol. The van der Waals surface area contributed by atoms with E-state index in [1.807, 2.05) is 6.07 Å². The zero-order chi connectivity index (χ0) is 22.7. The van der Waals surface area contributed by atoms with Gasteiger partial charge in [0.1, 0.15) is 11.8 Å². The second kappa shape index (κ2) is 9.43. The summed E-state index contributed by atoms with van der Waals surface area (Å²) in [5.74, 6) is -0.109. The van der Waals surface area contributed by atoms with E-state index in [0.29, 0.717) is 43.8 Å². The Kier molecular flexibility index (Phi) is 6.45. The number of fused-ring (bicyclic) bond motifs is 1. The lowest BCUT2D eigenvalue weighted by Crippen LogP contribution is -2.37. The summed E-state index contributed by atoms with van der Waals surface area (Å²) in [5.41, 5.74) is 0.223. The Hall–Kier alpha value is -3.34. The van der Waals surface area contributed by atoms with Crippen LogP contribution in [-0.4, -0.2) is 45.5 Å². The third-order valence-corrected chi connectivity index (χ3v) is 5.94. The van der Waals surface area contributed by atoms with Crippen molar-refractivity contribution in [2.24, 2.45) is 5.92 Å². The fraction of sp³-hybridized carbons (Fsp3) is 0.333. The maximum Gasteiger partial charge on any atom is 0.373 e. The number of nitro groups is 1. The van der Waals surface area contributed by atoms with Crippen molar-refractivity contribution in [3.8, 4) is 11.6 Å². The summed E-state index contributed by atoms with van der Waals surface area (Å²) in [6, 6.07) is 7.12. The third kappa shape index (κ3) is 4.33. The van der Waals surface area contributed by atoms with Crippen molar-refractivity contribution in [2.75, 3.05) is 24.6 Å². The summed E-state index contributed by atoms with van der Waals surface area (Å²) in [7, 11) is 0. The Bertz CT molecular complexity index is 1170. The van der Waals surface area contributed by atoms with Gasteiger partial charge >= 0.3 is 17.5 Å². The number of ether oxygens (including phenoxy) is 2. The van der Waals surface area contributed by atoms with Crippen LogP contribution < -0.4 is 9.64 Å². The fourth-order valence-corrected chi connectivity index (χ4v) is 4.16. The maximum absolute atomic E-state index is 12.0. The normalized spacial score (nSPS) is 14.4. The van der Waals surface area contributed by atoms with Crippen LogP contribution in [-0.2, 0) is 9.53 Å². The van der Waals surface area contributed by atoms with Gasteiger partial charge in [-0.15, -0.1) is 0 Å². The van der Waals surface area contributed by atoms with Crippen LogP contribution in [0, 0.1) is 16.0 Å². The van der Waals surface area contributed by atoms with Gasteiger partial charge in [-0.25, -0.2) is 4.98 Å². The number of rotatable bonds is 6. The molecule has 0 aliphatic carbocycles. The molecule has 1 fully saturated rings. The second-order valence-corrected chi connectivity index (χ2v) is 8.02. The van der Waals surface area contributed by atoms with Crippen molar-refractivity contribution in [2.45, 2.75) is 19.8 Å². The highest BCUT2D eigenvalue weighted by atomic mass is 79.9. The van der Waals surface area contributed by atoms with Gasteiger partial charge in [0.15, 0.2) is 5.75 Å². The highest BCUT2D eigenvalue weighted by molar-refractivity contribution is 9.10. The second-order valence-electron chi connectivity index (χ2n) is 7.17. The van der Waals surface area contributed by atoms with Crippen molar-refractivity contribution >= 4 is 44.3 Å². The van der Waals surface area contributed by atoms with Crippen LogP contribution >= 0.6 is 15.9 Å². The summed E-state index contributed by atoms with van der Waals surface area (Å²) in [6.07, 6.45) is 3.91. The molecule has 2 aromatic heterocycles. The minimum absolute atomic E-state index is 0.164. The van der Waals surface area contributed by atoms with E-state index in [4.69, 9.17) is 9.47 Å². The molecule has 1 aliphatic rings. The molecule has 166 valence electrons. The van der Waals surface area contributed by atoms with Crippen LogP contribution in [0.3, 0.4) is 0 Å². The van der Waals surface area contributed by atoms with E-state index in [1.54, 1.807) is 36.2 Å². The Morgan fingerprint density at radius 3 is 2.75 bits per heavy atom. The monoisotopic (exact) mass is 501 g/mol. The number of hydrogen-bond acceptors (Lipinski definition) is 9. The molecular formula is C21H20BrN5O5. The molecule has 0 saturated carbocycles. The van der Waals surface area contributed by atoms with E-state index in [9.17, 15) is 14.9 Å².